The van der Waals surface area contributed by atoms with Crippen molar-refractivity contribution in [2.45, 2.75) is 12.8 Å². The first kappa shape index (κ1) is 16.4. The van der Waals surface area contributed by atoms with Gasteiger partial charge in [-0.3, -0.25) is 14.5 Å². The molecule has 2 fully saturated rings. The number of aromatic nitrogens is 2. The largest absolute Gasteiger partial charge is 0.358 e. The van der Waals surface area contributed by atoms with Gasteiger partial charge in [0.05, 0.1) is 12.6 Å². The zero-order chi connectivity index (χ0) is 17.1. The van der Waals surface area contributed by atoms with E-state index in [2.05, 4.69) is 10.2 Å². The molecule has 2 saturated heterocycles. The fourth-order valence-electron chi connectivity index (χ4n) is 3.04. The highest BCUT2D eigenvalue weighted by Crippen LogP contribution is 2.13. The average Bonchev–Trinajstić information content (AvgIpc) is 3.26. The van der Waals surface area contributed by atoms with E-state index in [1.807, 2.05) is 9.80 Å². The van der Waals surface area contributed by atoms with Gasteiger partial charge in [0.25, 0.3) is 5.91 Å². The van der Waals surface area contributed by atoms with Crippen molar-refractivity contribution in [2.24, 2.45) is 0 Å². The molecule has 130 valence electrons. The molecule has 1 aromatic heterocycles. The molecule has 0 aliphatic carbocycles. The summed E-state index contributed by atoms with van der Waals surface area (Å²) in [5.41, 5.74) is 0.0447. The fraction of sp³-hybridized carbons (Fsp3) is 0.643. The Morgan fingerprint density at radius 1 is 1.12 bits per heavy atom. The molecule has 3 heterocycles. The summed E-state index contributed by atoms with van der Waals surface area (Å²) in [7, 11) is 0. The lowest BCUT2D eigenvalue weighted by Gasteiger charge is -2.34. The number of nitrogens with zero attached hydrogens (tertiary/aromatic N) is 5. The molecule has 0 saturated carbocycles. The van der Waals surface area contributed by atoms with Crippen LogP contribution < -0.4 is 0 Å². The van der Waals surface area contributed by atoms with Crippen LogP contribution in [0.2, 0.25) is 0 Å². The first-order valence-electron chi connectivity index (χ1n) is 8.04. The van der Waals surface area contributed by atoms with Crippen molar-refractivity contribution in [2.75, 3.05) is 45.8 Å². The summed E-state index contributed by atoms with van der Waals surface area (Å²) in [5.74, 6) is -0.478. The molecule has 10 heteroatoms. The van der Waals surface area contributed by atoms with E-state index in [0.29, 0.717) is 32.7 Å². The molecule has 3 rings (SSSR count). The number of amides is 2. The third-order valence-corrected chi connectivity index (χ3v) is 4.46. The summed E-state index contributed by atoms with van der Waals surface area (Å²) in [6, 6.07) is 1.14. The van der Waals surface area contributed by atoms with Gasteiger partial charge in [-0.1, -0.05) is 5.10 Å². The van der Waals surface area contributed by atoms with Crippen molar-refractivity contribution < 1.29 is 14.5 Å². The third-order valence-electron chi connectivity index (χ3n) is 4.46. The predicted molar refractivity (Wildman–Crippen MR) is 83.4 cm³/mol. The zero-order valence-electron chi connectivity index (χ0n) is 13.3. The van der Waals surface area contributed by atoms with Crippen molar-refractivity contribution in [1.29, 1.82) is 0 Å². The highest BCUT2D eigenvalue weighted by Gasteiger charge is 2.27. The number of nitrogens with one attached hydrogen (secondary N) is 1. The molecule has 2 aliphatic rings. The van der Waals surface area contributed by atoms with Gasteiger partial charge in [-0.25, -0.2) is 0 Å². The number of hydrogen-bond acceptors (Lipinski definition) is 6. The maximum Gasteiger partial charge on any atom is 0.343 e. The van der Waals surface area contributed by atoms with Gasteiger partial charge >= 0.3 is 5.82 Å². The Morgan fingerprint density at radius 2 is 1.79 bits per heavy atom. The van der Waals surface area contributed by atoms with E-state index in [0.717, 1.165) is 32.0 Å². The minimum atomic E-state index is -0.619. The molecule has 2 aliphatic heterocycles. The van der Waals surface area contributed by atoms with Gasteiger partial charge in [-0.15, -0.1) is 5.10 Å². The van der Waals surface area contributed by atoms with Gasteiger partial charge < -0.3 is 19.9 Å². The molecular formula is C14H20N6O4. The van der Waals surface area contributed by atoms with E-state index in [1.165, 1.54) is 0 Å². The summed E-state index contributed by atoms with van der Waals surface area (Å²) in [5, 5.41) is 16.6. The summed E-state index contributed by atoms with van der Waals surface area (Å²) in [4.78, 5) is 40.0. The molecule has 1 aromatic rings. The van der Waals surface area contributed by atoms with Crippen LogP contribution in [0, 0.1) is 10.1 Å². The normalized spacial score (nSPS) is 18.8. The average molecular weight is 336 g/mol. The number of carbonyl (C=O) groups excluding carboxylic acids is 2. The number of H-pyrrole nitrogens is 1. The molecule has 0 aromatic carbocycles. The molecule has 0 atom stereocenters. The molecule has 10 nitrogen and oxygen atoms in total. The lowest BCUT2D eigenvalue weighted by Crippen LogP contribution is -2.51. The van der Waals surface area contributed by atoms with E-state index in [1.54, 1.807) is 4.90 Å². The number of nitro groups is 1. The molecule has 0 unspecified atom stereocenters. The Bertz CT molecular complexity index is 631. The summed E-state index contributed by atoms with van der Waals surface area (Å²) in [6.07, 6.45) is 2.15. The third kappa shape index (κ3) is 3.53. The maximum absolute atomic E-state index is 12.3. The van der Waals surface area contributed by atoms with Crippen LogP contribution in [0.1, 0.15) is 23.3 Å². The van der Waals surface area contributed by atoms with Gasteiger partial charge in [0.2, 0.25) is 5.91 Å². The van der Waals surface area contributed by atoms with Crippen LogP contribution in [-0.4, -0.2) is 87.4 Å². The number of rotatable bonds is 4. The number of aromatic amines is 1. The van der Waals surface area contributed by atoms with Crippen LogP contribution in [-0.2, 0) is 4.79 Å². The number of hydrogen-bond donors (Lipinski definition) is 1. The molecule has 1 N–H and O–H groups in total. The Balaban J connectivity index is 1.49. The quantitative estimate of drug-likeness (QED) is 0.596. The van der Waals surface area contributed by atoms with Crippen molar-refractivity contribution in [1.82, 2.24) is 24.9 Å². The fourth-order valence-corrected chi connectivity index (χ4v) is 3.04. The van der Waals surface area contributed by atoms with Crippen LogP contribution >= 0.6 is 0 Å². The smallest absolute Gasteiger partial charge is 0.343 e. The molecule has 24 heavy (non-hydrogen) atoms. The summed E-state index contributed by atoms with van der Waals surface area (Å²) < 4.78 is 0. The topological polar surface area (TPSA) is 116 Å². The van der Waals surface area contributed by atoms with E-state index in [-0.39, 0.29) is 23.3 Å². The second-order valence-corrected chi connectivity index (χ2v) is 6.05. The van der Waals surface area contributed by atoms with Crippen LogP contribution in [0.15, 0.2) is 6.07 Å². The van der Waals surface area contributed by atoms with E-state index >= 15 is 0 Å². The highest BCUT2D eigenvalue weighted by molar-refractivity contribution is 5.92. The summed E-state index contributed by atoms with van der Waals surface area (Å²) in [6.45, 7) is 4.25. The highest BCUT2D eigenvalue weighted by atomic mass is 16.6. The van der Waals surface area contributed by atoms with Gasteiger partial charge in [0, 0.05) is 39.3 Å². The SMILES string of the molecule is O=C(CN1CCN(C(=O)c2cc([N+](=O)[O-])[nH]n2)CC1)N1CCCC1. The molecule has 2 amide bonds. The molecule has 0 bridgehead atoms. The molecule has 0 radical (unpaired) electrons. The standard InChI is InChI=1S/C14H20N6O4/c21-13(18-3-1-2-4-18)10-17-5-7-19(8-6-17)14(22)11-9-12(16-15-11)20(23)24/h9H,1-8,10H2,(H,15,16). The lowest BCUT2D eigenvalue weighted by molar-refractivity contribution is -0.389. The van der Waals surface area contributed by atoms with Crippen LogP contribution in [0.4, 0.5) is 5.82 Å². The summed E-state index contributed by atoms with van der Waals surface area (Å²) >= 11 is 0. The van der Waals surface area contributed by atoms with Crippen LogP contribution in [0.5, 0.6) is 0 Å². The Labute approximate surface area is 138 Å². The van der Waals surface area contributed by atoms with Crippen molar-refractivity contribution >= 4 is 17.6 Å². The van der Waals surface area contributed by atoms with E-state index < -0.39 is 4.92 Å². The van der Waals surface area contributed by atoms with Gasteiger partial charge in [0.15, 0.2) is 5.69 Å². The Hall–Kier alpha value is -2.49. The zero-order valence-corrected chi connectivity index (χ0v) is 13.3. The van der Waals surface area contributed by atoms with Crippen LogP contribution in [0.3, 0.4) is 0 Å². The van der Waals surface area contributed by atoms with Crippen molar-refractivity contribution in [3.05, 3.63) is 21.9 Å². The second kappa shape index (κ2) is 6.95. The van der Waals surface area contributed by atoms with E-state index in [9.17, 15) is 19.7 Å². The second-order valence-electron chi connectivity index (χ2n) is 6.05. The first-order valence-corrected chi connectivity index (χ1v) is 8.04. The first-order chi connectivity index (χ1) is 11.5. The Morgan fingerprint density at radius 3 is 2.38 bits per heavy atom. The maximum atomic E-state index is 12.3. The monoisotopic (exact) mass is 336 g/mol. The number of likely N-dealkylation sites (tertiary alicyclic amines) is 1. The van der Waals surface area contributed by atoms with Crippen molar-refractivity contribution in [3.8, 4) is 0 Å². The molecule has 0 spiro atoms. The lowest BCUT2D eigenvalue weighted by atomic mass is 10.2. The van der Waals surface area contributed by atoms with Gasteiger partial charge in [0.1, 0.15) is 0 Å². The number of carbonyl (C=O) groups is 2. The minimum absolute atomic E-state index is 0.0447. The van der Waals surface area contributed by atoms with Crippen molar-refractivity contribution in [3.63, 3.8) is 0 Å². The Kier molecular flexibility index (Phi) is 4.74. The van der Waals surface area contributed by atoms with Gasteiger partial charge in [-0.05, 0) is 17.8 Å². The van der Waals surface area contributed by atoms with Gasteiger partial charge in [-0.2, -0.15) is 0 Å². The number of piperazine rings is 1. The minimum Gasteiger partial charge on any atom is -0.358 e. The van der Waals surface area contributed by atoms with E-state index in [4.69, 9.17) is 0 Å². The molecular weight excluding hydrogens is 316 g/mol. The van der Waals surface area contributed by atoms with Crippen LogP contribution in [0.25, 0.3) is 0 Å². The predicted octanol–water partition coefficient (Wildman–Crippen LogP) is -0.302.